The van der Waals surface area contributed by atoms with Crippen molar-refractivity contribution in [1.29, 1.82) is 5.26 Å². The maximum absolute atomic E-state index is 12.1. The number of carbonyl (C=O) groups is 1. The van der Waals surface area contributed by atoms with Crippen molar-refractivity contribution in [2.45, 2.75) is 38.2 Å². The SMILES string of the molecule is COCCCOC(=O)N1CCC(Cc2noc(C3Cc4c(ccnc4C#N)O3)n2)CC1. The third kappa shape index (κ3) is 4.94. The fraction of sp³-hybridized carbons (Fsp3) is 0.571. The smallest absolute Gasteiger partial charge is 0.409 e. The van der Waals surface area contributed by atoms with Crippen LogP contribution in [-0.2, 0) is 22.3 Å². The van der Waals surface area contributed by atoms with Gasteiger partial charge in [0.1, 0.15) is 17.5 Å². The first-order valence-corrected chi connectivity index (χ1v) is 10.5. The molecule has 2 aliphatic rings. The molecule has 4 heterocycles. The van der Waals surface area contributed by atoms with Gasteiger partial charge in [0.25, 0.3) is 5.89 Å². The molecule has 0 spiro atoms. The van der Waals surface area contributed by atoms with Gasteiger partial charge in [-0.1, -0.05) is 5.16 Å². The van der Waals surface area contributed by atoms with Crippen molar-refractivity contribution in [2.75, 3.05) is 33.4 Å². The molecule has 164 valence electrons. The van der Waals surface area contributed by atoms with Gasteiger partial charge in [0.2, 0.25) is 0 Å². The van der Waals surface area contributed by atoms with Gasteiger partial charge in [-0.15, -0.1) is 0 Å². The Morgan fingerprint density at radius 3 is 2.97 bits per heavy atom. The van der Waals surface area contributed by atoms with Crippen LogP contribution in [0.5, 0.6) is 5.75 Å². The average molecular weight is 427 g/mol. The van der Waals surface area contributed by atoms with E-state index in [9.17, 15) is 10.1 Å². The van der Waals surface area contributed by atoms with Crippen LogP contribution in [0.4, 0.5) is 4.79 Å². The van der Waals surface area contributed by atoms with Crippen LogP contribution >= 0.6 is 0 Å². The number of likely N-dealkylation sites (tertiary alicyclic amines) is 1. The average Bonchev–Trinajstić information content (AvgIpc) is 3.43. The number of pyridine rings is 1. The molecule has 31 heavy (non-hydrogen) atoms. The van der Waals surface area contributed by atoms with E-state index in [0.717, 1.165) is 18.4 Å². The molecule has 1 amide bonds. The maximum Gasteiger partial charge on any atom is 0.409 e. The Kier molecular flexibility index (Phi) is 6.62. The van der Waals surface area contributed by atoms with Gasteiger partial charge in [-0.25, -0.2) is 9.78 Å². The largest absolute Gasteiger partial charge is 0.480 e. The van der Waals surface area contributed by atoms with E-state index in [-0.39, 0.29) is 6.09 Å². The lowest BCUT2D eigenvalue weighted by atomic mass is 9.93. The van der Waals surface area contributed by atoms with E-state index < -0.39 is 6.10 Å². The van der Waals surface area contributed by atoms with Crippen LogP contribution in [0.15, 0.2) is 16.8 Å². The molecular weight excluding hydrogens is 402 g/mol. The van der Waals surface area contributed by atoms with Gasteiger partial charge in [0, 0.05) is 57.8 Å². The van der Waals surface area contributed by atoms with Crippen LogP contribution in [-0.4, -0.2) is 59.5 Å². The highest BCUT2D eigenvalue weighted by Crippen LogP contribution is 2.37. The summed E-state index contributed by atoms with van der Waals surface area (Å²) in [5, 5.41) is 13.3. The van der Waals surface area contributed by atoms with Crippen LogP contribution in [0.1, 0.15) is 48.3 Å². The number of methoxy groups -OCH3 is 1. The minimum absolute atomic E-state index is 0.263. The number of piperidine rings is 1. The molecule has 10 nitrogen and oxygen atoms in total. The Hall–Kier alpha value is -3.19. The Morgan fingerprint density at radius 1 is 1.35 bits per heavy atom. The summed E-state index contributed by atoms with van der Waals surface area (Å²) in [4.78, 5) is 22.4. The van der Waals surface area contributed by atoms with E-state index in [1.165, 1.54) is 0 Å². The van der Waals surface area contributed by atoms with Crippen LogP contribution in [0, 0.1) is 17.2 Å². The number of carbonyl (C=O) groups excluding carboxylic acids is 1. The minimum atomic E-state index is -0.401. The summed E-state index contributed by atoms with van der Waals surface area (Å²) >= 11 is 0. The van der Waals surface area contributed by atoms with Crippen molar-refractivity contribution in [3.8, 4) is 11.8 Å². The highest BCUT2D eigenvalue weighted by atomic mass is 16.6. The quantitative estimate of drug-likeness (QED) is 0.613. The molecule has 0 saturated carbocycles. The van der Waals surface area contributed by atoms with Gasteiger partial charge in [-0.05, 0) is 24.8 Å². The third-order valence-electron chi connectivity index (χ3n) is 5.60. The van der Waals surface area contributed by atoms with Gasteiger partial charge in [0.05, 0.1) is 6.61 Å². The third-order valence-corrected chi connectivity index (χ3v) is 5.60. The lowest BCUT2D eigenvalue weighted by Gasteiger charge is -2.30. The van der Waals surface area contributed by atoms with Crippen molar-refractivity contribution < 1.29 is 23.5 Å². The molecule has 1 unspecified atom stereocenters. The van der Waals surface area contributed by atoms with E-state index in [1.54, 1.807) is 24.3 Å². The molecule has 0 N–H and O–H groups in total. The van der Waals surface area contributed by atoms with Gasteiger partial charge >= 0.3 is 6.09 Å². The van der Waals surface area contributed by atoms with E-state index in [0.29, 0.717) is 74.6 Å². The van der Waals surface area contributed by atoms with Crippen molar-refractivity contribution >= 4 is 6.09 Å². The second-order valence-electron chi connectivity index (χ2n) is 7.70. The van der Waals surface area contributed by atoms with Crippen molar-refractivity contribution in [1.82, 2.24) is 20.0 Å². The summed E-state index contributed by atoms with van der Waals surface area (Å²) in [6.07, 6.45) is 4.48. The van der Waals surface area contributed by atoms with Crippen molar-refractivity contribution in [3.63, 3.8) is 0 Å². The number of ether oxygens (including phenoxy) is 3. The van der Waals surface area contributed by atoms with E-state index in [1.807, 2.05) is 0 Å². The molecule has 0 aliphatic carbocycles. The van der Waals surface area contributed by atoms with Crippen LogP contribution in [0.3, 0.4) is 0 Å². The summed E-state index contributed by atoms with van der Waals surface area (Å²) in [6, 6.07) is 3.83. The Bertz CT molecular complexity index is 948. The first kappa shape index (κ1) is 21.1. The Morgan fingerprint density at radius 2 is 2.19 bits per heavy atom. The van der Waals surface area contributed by atoms with Crippen molar-refractivity contribution in [3.05, 3.63) is 35.2 Å². The zero-order valence-electron chi connectivity index (χ0n) is 17.5. The molecule has 2 aromatic rings. The predicted octanol–water partition coefficient (Wildman–Crippen LogP) is 2.44. The topological polar surface area (TPSA) is 124 Å². The lowest BCUT2D eigenvalue weighted by molar-refractivity contribution is 0.0786. The maximum atomic E-state index is 12.1. The second kappa shape index (κ2) is 9.75. The van der Waals surface area contributed by atoms with E-state index in [2.05, 4.69) is 21.2 Å². The van der Waals surface area contributed by atoms with Crippen LogP contribution < -0.4 is 4.74 Å². The molecule has 10 heteroatoms. The molecule has 1 atom stereocenters. The highest BCUT2D eigenvalue weighted by molar-refractivity contribution is 5.67. The molecule has 0 radical (unpaired) electrons. The number of aromatic nitrogens is 3. The van der Waals surface area contributed by atoms with Gasteiger partial charge in [0.15, 0.2) is 11.9 Å². The predicted molar refractivity (Wildman–Crippen MR) is 106 cm³/mol. The monoisotopic (exact) mass is 427 g/mol. The molecule has 2 aromatic heterocycles. The highest BCUT2D eigenvalue weighted by Gasteiger charge is 2.32. The summed E-state index contributed by atoms with van der Waals surface area (Å²) in [5.41, 5.74) is 1.14. The minimum Gasteiger partial charge on any atom is -0.480 e. The van der Waals surface area contributed by atoms with Crippen LogP contribution in [0.2, 0.25) is 0 Å². The molecule has 1 fully saturated rings. The number of amides is 1. The fourth-order valence-corrected chi connectivity index (χ4v) is 3.91. The van der Waals surface area contributed by atoms with Gasteiger partial charge in [-0.2, -0.15) is 10.2 Å². The number of hydrogen-bond acceptors (Lipinski definition) is 9. The first-order chi connectivity index (χ1) is 15.2. The Balaban J connectivity index is 1.25. The summed E-state index contributed by atoms with van der Waals surface area (Å²) < 4.78 is 21.5. The summed E-state index contributed by atoms with van der Waals surface area (Å²) in [7, 11) is 1.63. The second-order valence-corrected chi connectivity index (χ2v) is 7.70. The number of nitriles is 1. The normalized spacial score (nSPS) is 18.3. The van der Waals surface area contributed by atoms with E-state index >= 15 is 0 Å². The first-order valence-electron chi connectivity index (χ1n) is 10.5. The molecule has 0 aromatic carbocycles. The summed E-state index contributed by atoms with van der Waals surface area (Å²) in [6.45, 7) is 2.26. The molecule has 2 aliphatic heterocycles. The van der Waals surface area contributed by atoms with Gasteiger partial charge < -0.3 is 23.6 Å². The molecule has 0 bridgehead atoms. The number of hydrogen-bond donors (Lipinski definition) is 0. The van der Waals surface area contributed by atoms with Gasteiger partial charge in [-0.3, -0.25) is 0 Å². The fourth-order valence-electron chi connectivity index (χ4n) is 3.91. The molecule has 4 rings (SSSR count). The number of nitrogens with zero attached hydrogens (tertiary/aromatic N) is 5. The standard InChI is InChI=1S/C21H25N5O5/c1-28-9-2-10-29-21(27)26-7-4-14(5-8-26)11-19-24-20(31-25-19)18-12-15-16(13-22)23-6-3-17(15)30-18/h3,6,14,18H,2,4-5,7-12H2,1H3. The number of fused-ring (bicyclic) bond motifs is 1. The Labute approximate surface area is 180 Å². The van der Waals surface area contributed by atoms with Crippen LogP contribution in [0.25, 0.3) is 0 Å². The van der Waals surface area contributed by atoms with E-state index in [4.69, 9.17) is 18.7 Å². The summed E-state index contributed by atoms with van der Waals surface area (Å²) in [5.74, 6) is 2.05. The molecule has 1 saturated heterocycles. The zero-order chi connectivity index (χ0) is 21.6. The zero-order valence-corrected chi connectivity index (χ0v) is 17.5. The number of rotatable bonds is 7. The lowest BCUT2D eigenvalue weighted by Crippen LogP contribution is -2.39. The molecular formula is C21H25N5O5. The van der Waals surface area contributed by atoms with Crippen molar-refractivity contribution in [2.24, 2.45) is 5.92 Å².